The summed E-state index contributed by atoms with van der Waals surface area (Å²) >= 11 is 5.96. The summed E-state index contributed by atoms with van der Waals surface area (Å²) in [5.41, 5.74) is 1.13. The van der Waals surface area contributed by atoms with E-state index in [4.69, 9.17) is 22.9 Å². The number of hydrogen-bond acceptors (Lipinski definition) is 4. The van der Waals surface area contributed by atoms with E-state index in [-0.39, 0.29) is 28.0 Å². The zero-order valence-electron chi connectivity index (χ0n) is 10.4. The molecule has 0 aliphatic carbocycles. The summed E-state index contributed by atoms with van der Waals surface area (Å²) in [6, 6.07) is 8.06. The van der Waals surface area contributed by atoms with Crippen LogP contribution in [-0.2, 0) is 0 Å². The Hall–Kier alpha value is -2.76. The Morgan fingerprint density at radius 3 is 2.55 bits per heavy atom. The van der Waals surface area contributed by atoms with Crippen molar-refractivity contribution in [2.75, 3.05) is 7.11 Å². The molecule has 6 heteroatoms. The third kappa shape index (κ3) is 2.23. The van der Waals surface area contributed by atoms with Gasteiger partial charge >= 0.3 is 0 Å². The number of pyridine rings is 1. The Morgan fingerprint density at radius 1 is 1.40 bits per heavy atom. The van der Waals surface area contributed by atoms with Crippen molar-refractivity contribution < 1.29 is 9.84 Å². The summed E-state index contributed by atoms with van der Waals surface area (Å²) < 4.78 is 5.03. The number of halogens is 1. The number of phenols is 1. The molecule has 0 bridgehead atoms. The fourth-order valence-corrected chi connectivity index (χ4v) is 2.00. The summed E-state index contributed by atoms with van der Waals surface area (Å²) in [4.78, 5) is 7.27. The van der Waals surface area contributed by atoms with Crippen LogP contribution in [0.4, 0.5) is 5.69 Å². The summed E-state index contributed by atoms with van der Waals surface area (Å²) in [7, 11) is 1.37. The quantitative estimate of drug-likeness (QED) is 0.677. The van der Waals surface area contributed by atoms with E-state index in [0.29, 0.717) is 11.1 Å². The predicted octanol–water partition coefficient (Wildman–Crippen LogP) is 3.54. The van der Waals surface area contributed by atoms with Crippen LogP contribution in [0.5, 0.6) is 11.6 Å². The van der Waals surface area contributed by atoms with Gasteiger partial charge in [-0.25, -0.2) is 9.83 Å². The number of rotatable bonds is 2. The molecule has 0 radical (unpaired) electrons. The smallest absolute Gasteiger partial charge is 0.256 e. The predicted molar refractivity (Wildman–Crippen MR) is 73.9 cm³/mol. The molecule has 0 aliphatic rings. The number of nitrogens with zero attached hydrogens (tertiary/aromatic N) is 3. The molecule has 2 rings (SSSR count). The Bertz CT molecular complexity index is 743. The van der Waals surface area contributed by atoms with Crippen molar-refractivity contribution in [2.45, 2.75) is 0 Å². The van der Waals surface area contributed by atoms with Crippen molar-refractivity contribution >= 4 is 17.3 Å². The molecule has 1 heterocycles. The van der Waals surface area contributed by atoms with Crippen molar-refractivity contribution in [3.8, 4) is 28.8 Å². The third-order valence-electron chi connectivity index (χ3n) is 2.67. The largest absolute Gasteiger partial charge is 0.508 e. The van der Waals surface area contributed by atoms with E-state index < -0.39 is 0 Å². The Kier molecular flexibility index (Phi) is 3.74. The fourth-order valence-electron chi connectivity index (χ4n) is 1.78. The number of hydrogen-bond donors (Lipinski definition) is 1. The van der Waals surface area contributed by atoms with Gasteiger partial charge < -0.3 is 9.84 Å². The van der Waals surface area contributed by atoms with E-state index in [0.717, 1.165) is 0 Å². The standard InChI is InChI=1S/C14H8ClN3O2/c1-17-12-11(8-3-5-9(19)6-4-8)10(7-16)13(15)18-14(12)20-2/h3-6,19H,2H3. The van der Waals surface area contributed by atoms with Gasteiger partial charge in [-0.05, 0) is 17.7 Å². The van der Waals surface area contributed by atoms with Crippen LogP contribution in [0.1, 0.15) is 5.56 Å². The highest BCUT2D eigenvalue weighted by Gasteiger charge is 2.21. The molecule has 0 saturated heterocycles. The molecule has 1 aromatic carbocycles. The maximum absolute atomic E-state index is 9.32. The number of benzene rings is 1. The van der Waals surface area contributed by atoms with Gasteiger partial charge in [0.1, 0.15) is 17.0 Å². The monoisotopic (exact) mass is 285 g/mol. The highest BCUT2D eigenvalue weighted by atomic mass is 35.5. The van der Waals surface area contributed by atoms with E-state index in [1.54, 1.807) is 12.1 Å². The normalized spacial score (nSPS) is 9.60. The van der Waals surface area contributed by atoms with Crippen LogP contribution < -0.4 is 4.74 Å². The van der Waals surface area contributed by atoms with Crippen LogP contribution in [-0.4, -0.2) is 17.2 Å². The molecular weight excluding hydrogens is 278 g/mol. The van der Waals surface area contributed by atoms with Crippen LogP contribution >= 0.6 is 11.6 Å². The first kappa shape index (κ1) is 13.7. The third-order valence-corrected chi connectivity index (χ3v) is 2.94. The van der Waals surface area contributed by atoms with E-state index >= 15 is 0 Å². The lowest BCUT2D eigenvalue weighted by atomic mass is 10.00. The number of aromatic nitrogens is 1. The molecule has 98 valence electrons. The molecule has 5 nitrogen and oxygen atoms in total. The number of phenolic OH excluding ortho intramolecular Hbond substituents is 1. The Balaban J connectivity index is 2.85. The van der Waals surface area contributed by atoms with E-state index in [1.165, 1.54) is 19.2 Å². The molecule has 0 fully saturated rings. The zero-order chi connectivity index (χ0) is 14.7. The van der Waals surface area contributed by atoms with Gasteiger partial charge in [0.2, 0.25) is 5.88 Å². The highest BCUT2D eigenvalue weighted by molar-refractivity contribution is 6.31. The molecule has 1 N–H and O–H groups in total. The minimum atomic E-state index is -0.0279. The van der Waals surface area contributed by atoms with Crippen LogP contribution in [0.25, 0.3) is 16.0 Å². The van der Waals surface area contributed by atoms with E-state index in [1.807, 2.05) is 6.07 Å². The molecule has 0 unspecified atom stereocenters. The summed E-state index contributed by atoms with van der Waals surface area (Å²) in [5.74, 6) is 0.149. The first-order valence-corrected chi connectivity index (χ1v) is 5.84. The van der Waals surface area contributed by atoms with Crippen LogP contribution in [0.2, 0.25) is 5.15 Å². The number of methoxy groups -OCH3 is 1. The van der Waals surface area contributed by atoms with Crippen molar-refractivity contribution in [1.29, 1.82) is 5.26 Å². The maximum Gasteiger partial charge on any atom is 0.256 e. The number of aromatic hydroxyl groups is 1. The second-order valence-electron chi connectivity index (χ2n) is 3.78. The van der Waals surface area contributed by atoms with Crippen molar-refractivity contribution in [1.82, 2.24) is 4.98 Å². The number of ether oxygens (including phenoxy) is 1. The van der Waals surface area contributed by atoms with Gasteiger partial charge in [0, 0.05) is 5.56 Å². The average Bonchev–Trinajstić information content (AvgIpc) is 2.46. The van der Waals surface area contributed by atoms with Crippen LogP contribution in [0, 0.1) is 17.9 Å². The Morgan fingerprint density at radius 2 is 2.05 bits per heavy atom. The van der Waals surface area contributed by atoms with Crippen molar-refractivity contribution in [3.05, 3.63) is 46.4 Å². The van der Waals surface area contributed by atoms with Gasteiger partial charge in [0.05, 0.1) is 19.2 Å². The van der Waals surface area contributed by atoms with Gasteiger partial charge in [-0.15, -0.1) is 0 Å². The van der Waals surface area contributed by atoms with Crippen molar-refractivity contribution in [3.63, 3.8) is 0 Å². The summed E-state index contributed by atoms with van der Waals surface area (Å²) in [5, 5.41) is 18.5. The second-order valence-corrected chi connectivity index (χ2v) is 4.14. The van der Waals surface area contributed by atoms with Gasteiger partial charge in [0.25, 0.3) is 5.69 Å². The summed E-state index contributed by atoms with van der Waals surface area (Å²) in [6.45, 7) is 7.27. The Labute approximate surface area is 120 Å². The SMILES string of the molecule is [C-]#[N+]c1c(OC)nc(Cl)c(C#N)c1-c1ccc(O)cc1. The van der Waals surface area contributed by atoms with Gasteiger partial charge in [-0.3, -0.25) is 0 Å². The molecule has 0 saturated carbocycles. The lowest BCUT2D eigenvalue weighted by Gasteiger charge is -2.11. The molecule has 0 aliphatic heterocycles. The molecule has 2 aromatic rings. The minimum Gasteiger partial charge on any atom is -0.508 e. The molecule has 0 spiro atoms. The first-order valence-electron chi connectivity index (χ1n) is 5.46. The second kappa shape index (κ2) is 5.48. The first-order chi connectivity index (χ1) is 9.62. The summed E-state index contributed by atoms with van der Waals surface area (Å²) in [6.07, 6.45) is 0. The molecule has 1 aromatic heterocycles. The molecule has 0 amide bonds. The van der Waals surface area contributed by atoms with E-state index in [2.05, 4.69) is 9.83 Å². The van der Waals surface area contributed by atoms with Crippen LogP contribution in [0.3, 0.4) is 0 Å². The highest BCUT2D eigenvalue weighted by Crippen LogP contribution is 2.42. The molecule has 0 atom stereocenters. The molecule has 20 heavy (non-hydrogen) atoms. The van der Waals surface area contributed by atoms with Gasteiger partial charge in [0.15, 0.2) is 0 Å². The lowest BCUT2D eigenvalue weighted by molar-refractivity contribution is 0.401. The van der Waals surface area contributed by atoms with Gasteiger partial charge in [-0.1, -0.05) is 23.7 Å². The van der Waals surface area contributed by atoms with E-state index in [9.17, 15) is 10.4 Å². The van der Waals surface area contributed by atoms with Crippen molar-refractivity contribution in [2.24, 2.45) is 0 Å². The number of nitriles is 1. The fraction of sp³-hybridized carbons (Fsp3) is 0.0714. The lowest BCUT2D eigenvalue weighted by Crippen LogP contribution is -1.95. The maximum atomic E-state index is 9.32. The average molecular weight is 286 g/mol. The van der Waals surface area contributed by atoms with Crippen LogP contribution in [0.15, 0.2) is 24.3 Å². The van der Waals surface area contributed by atoms with Gasteiger partial charge in [-0.2, -0.15) is 5.26 Å². The minimum absolute atomic E-state index is 0.0279. The topological polar surface area (TPSA) is 70.5 Å². The zero-order valence-corrected chi connectivity index (χ0v) is 11.1. The molecular formula is C14H8ClN3O2.